The molecule has 2 aromatic carbocycles. The number of fused-ring (bicyclic) bond motifs is 1. The summed E-state index contributed by atoms with van der Waals surface area (Å²) in [6.45, 7) is 3.69. The first-order valence-electron chi connectivity index (χ1n) is 10.0. The molecule has 0 aromatic heterocycles. The molecule has 2 aromatic rings. The third kappa shape index (κ3) is 6.94. The van der Waals surface area contributed by atoms with E-state index in [-0.39, 0.29) is 54.7 Å². The highest BCUT2D eigenvalue weighted by molar-refractivity contribution is 6.31. The molecule has 10 heteroatoms. The number of ether oxygens (including phenoxy) is 2. The van der Waals surface area contributed by atoms with Crippen LogP contribution in [0.4, 0.5) is 4.39 Å². The first-order chi connectivity index (χ1) is 15.7. The zero-order valence-electron chi connectivity index (χ0n) is 17.5. The second kappa shape index (κ2) is 11.2. The Morgan fingerprint density at radius 1 is 1.18 bits per heavy atom. The molecule has 1 unspecified atom stereocenters. The van der Waals surface area contributed by atoms with E-state index in [2.05, 4.69) is 17.2 Å². The molecule has 1 heterocycles. The fourth-order valence-electron chi connectivity index (χ4n) is 3.04. The number of Topliss-reactive ketones (excluding diaryl/α,β-unsaturated/α-hetero) is 1. The van der Waals surface area contributed by atoms with Crippen LogP contribution in [0.25, 0.3) is 0 Å². The van der Waals surface area contributed by atoms with E-state index in [1.54, 1.807) is 18.2 Å². The van der Waals surface area contributed by atoms with Crippen LogP contribution in [0.2, 0.25) is 10.0 Å². The molecule has 0 radical (unpaired) electrons. The molecule has 0 aliphatic carbocycles. The molecule has 0 saturated carbocycles. The number of benzene rings is 2. The summed E-state index contributed by atoms with van der Waals surface area (Å²) in [5.74, 6) is -0.997. The van der Waals surface area contributed by atoms with E-state index in [4.69, 9.17) is 32.7 Å². The van der Waals surface area contributed by atoms with Gasteiger partial charge in [-0.25, -0.2) is 4.39 Å². The van der Waals surface area contributed by atoms with Gasteiger partial charge >= 0.3 is 0 Å². The van der Waals surface area contributed by atoms with Gasteiger partial charge in [0, 0.05) is 29.6 Å². The van der Waals surface area contributed by atoms with E-state index in [1.165, 1.54) is 12.1 Å². The molecular formula is C23H21Cl2FN2O5. The lowest BCUT2D eigenvalue weighted by Gasteiger charge is -2.25. The van der Waals surface area contributed by atoms with Gasteiger partial charge in [0.25, 0.3) is 5.91 Å². The summed E-state index contributed by atoms with van der Waals surface area (Å²) in [5, 5.41) is 5.68. The Morgan fingerprint density at radius 3 is 2.73 bits per heavy atom. The molecule has 2 N–H and O–H groups in total. The smallest absolute Gasteiger partial charge is 0.257 e. The molecule has 1 atom stereocenters. The summed E-state index contributed by atoms with van der Waals surface area (Å²) in [6.07, 6.45) is -0.176. The van der Waals surface area contributed by atoms with Gasteiger partial charge in [-0.15, -0.1) is 0 Å². The number of carbonyl (C=O) groups is 3. The highest BCUT2D eigenvalue weighted by Crippen LogP contribution is 2.29. The first-order valence-corrected chi connectivity index (χ1v) is 10.8. The quantitative estimate of drug-likeness (QED) is 0.518. The van der Waals surface area contributed by atoms with Crippen LogP contribution in [0.15, 0.2) is 48.6 Å². The highest BCUT2D eigenvalue weighted by Gasteiger charge is 2.27. The molecule has 2 amide bonds. The lowest BCUT2D eigenvalue weighted by molar-refractivity contribution is -0.123. The number of carbonyl (C=O) groups excluding carboxylic acids is 3. The maximum absolute atomic E-state index is 13.4. The van der Waals surface area contributed by atoms with Gasteiger partial charge in [0.15, 0.2) is 12.4 Å². The minimum absolute atomic E-state index is 0.0417. The Kier molecular flexibility index (Phi) is 8.30. The Bertz CT molecular complexity index is 1090. The maximum Gasteiger partial charge on any atom is 0.257 e. The number of nitrogens with one attached hydrogen (secondary N) is 2. The van der Waals surface area contributed by atoms with Crippen LogP contribution in [0.5, 0.6) is 11.5 Å². The Labute approximate surface area is 199 Å². The van der Waals surface area contributed by atoms with Crippen LogP contribution < -0.4 is 20.1 Å². The fraction of sp³-hybridized carbons (Fsp3) is 0.261. The molecule has 0 bridgehead atoms. The summed E-state index contributed by atoms with van der Waals surface area (Å²) in [4.78, 5) is 36.4. The topological polar surface area (TPSA) is 93.7 Å². The Balaban J connectivity index is 1.35. The van der Waals surface area contributed by atoms with E-state index in [0.717, 1.165) is 6.07 Å². The normalized spacial score (nSPS) is 14.6. The number of hydrogen-bond donors (Lipinski definition) is 2. The third-order valence-electron chi connectivity index (χ3n) is 4.77. The van der Waals surface area contributed by atoms with Gasteiger partial charge in [0.05, 0.1) is 17.1 Å². The number of rotatable bonds is 9. The standard InChI is InChI=1S/C23H21Cl2FN2O5/c1-13(6-7-27-22(30)12-32-15-3-4-18(25)19(26)9-15)23(31)28-11-16-10-20(29)17-8-14(24)2-5-21(17)33-16/h2-5,8-9,16H,1,6-7,10-12H2,(H,27,30)(H,28,31). The van der Waals surface area contributed by atoms with Crippen LogP contribution >= 0.6 is 23.2 Å². The van der Waals surface area contributed by atoms with Gasteiger partial charge in [-0.1, -0.05) is 29.8 Å². The molecule has 3 rings (SSSR count). The summed E-state index contributed by atoms with van der Waals surface area (Å²) < 4.78 is 24.3. The molecule has 1 aliphatic rings. The van der Waals surface area contributed by atoms with E-state index >= 15 is 0 Å². The van der Waals surface area contributed by atoms with Crippen LogP contribution in [0.3, 0.4) is 0 Å². The van der Waals surface area contributed by atoms with Crippen molar-refractivity contribution < 1.29 is 28.2 Å². The molecule has 7 nitrogen and oxygen atoms in total. The lowest BCUT2D eigenvalue weighted by atomic mass is 10.0. The van der Waals surface area contributed by atoms with E-state index in [9.17, 15) is 18.8 Å². The molecule has 0 fully saturated rings. The maximum atomic E-state index is 13.4. The monoisotopic (exact) mass is 494 g/mol. The van der Waals surface area contributed by atoms with Crippen LogP contribution in [0.1, 0.15) is 23.2 Å². The highest BCUT2D eigenvalue weighted by atomic mass is 35.5. The van der Waals surface area contributed by atoms with Crippen molar-refractivity contribution in [3.05, 3.63) is 70.0 Å². The zero-order chi connectivity index (χ0) is 24.0. The number of ketones is 1. The summed E-state index contributed by atoms with van der Waals surface area (Å²) in [7, 11) is 0. The van der Waals surface area contributed by atoms with Gasteiger partial charge < -0.3 is 20.1 Å². The van der Waals surface area contributed by atoms with Crippen molar-refractivity contribution in [1.82, 2.24) is 10.6 Å². The summed E-state index contributed by atoms with van der Waals surface area (Å²) in [5.41, 5.74) is 0.681. The van der Waals surface area contributed by atoms with Crippen molar-refractivity contribution >= 4 is 40.8 Å². The number of hydrogen-bond acceptors (Lipinski definition) is 5. The predicted octanol–water partition coefficient (Wildman–Crippen LogP) is 3.72. The first kappa shape index (κ1) is 24.5. The molecule has 0 spiro atoms. The molecular weight excluding hydrogens is 474 g/mol. The van der Waals surface area contributed by atoms with E-state index in [0.29, 0.717) is 16.3 Å². The van der Waals surface area contributed by atoms with Crippen LogP contribution in [-0.4, -0.2) is 43.4 Å². The van der Waals surface area contributed by atoms with Crippen molar-refractivity contribution in [2.24, 2.45) is 0 Å². The van der Waals surface area contributed by atoms with Gasteiger partial charge in [0.2, 0.25) is 5.91 Å². The predicted molar refractivity (Wildman–Crippen MR) is 121 cm³/mol. The minimum Gasteiger partial charge on any atom is -0.487 e. The second-order valence-electron chi connectivity index (χ2n) is 7.29. The fourth-order valence-corrected chi connectivity index (χ4v) is 3.33. The SMILES string of the molecule is C=C(CCNC(=O)COc1ccc(Cl)c(F)c1)C(=O)NCC1CC(=O)c2cc(Cl)ccc2O1. The minimum atomic E-state index is -0.645. The van der Waals surface area contributed by atoms with Crippen molar-refractivity contribution in [1.29, 1.82) is 0 Å². The van der Waals surface area contributed by atoms with E-state index < -0.39 is 23.7 Å². The van der Waals surface area contributed by atoms with E-state index in [1.807, 2.05) is 0 Å². The molecule has 0 saturated heterocycles. The molecule has 33 heavy (non-hydrogen) atoms. The van der Waals surface area contributed by atoms with Gasteiger partial charge in [-0.3, -0.25) is 14.4 Å². The Morgan fingerprint density at radius 2 is 1.97 bits per heavy atom. The van der Waals surface area contributed by atoms with Crippen LogP contribution in [0, 0.1) is 5.82 Å². The molecule has 1 aliphatic heterocycles. The average molecular weight is 495 g/mol. The van der Waals surface area contributed by atoms with Crippen molar-refractivity contribution in [2.45, 2.75) is 18.9 Å². The second-order valence-corrected chi connectivity index (χ2v) is 8.13. The van der Waals surface area contributed by atoms with Crippen molar-refractivity contribution in [2.75, 3.05) is 19.7 Å². The van der Waals surface area contributed by atoms with Crippen LogP contribution in [-0.2, 0) is 9.59 Å². The largest absolute Gasteiger partial charge is 0.487 e. The van der Waals surface area contributed by atoms with Crippen molar-refractivity contribution in [3.63, 3.8) is 0 Å². The molecule has 174 valence electrons. The number of amides is 2. The average Bonchev–Trinajstić information content (AvgIpc) is 2.78. The summed E-state index contributed by atoms with van der Waals surface area (Å²) in [6, 6.07) is 8.67. The van der Waals surface area contributed by atoms with Gasteiger partial charge in [-0.2, -0.15) is 0 Å². The summed E-state index contributed by atoms with van der Waals surface area (Å²) >= 11 is 11.5. The lowest BCUT2D eigenvalue weighted by Crippen LogP contribution is -2.39. The van der Waals surface area contributed by atoms with Gasteiger partial charge in [-0.05, 0) is 36.8 Å². The number of halogens is 3. The van der Waals surface area contributed by atoms with Gasteiger partial charge in [0.1, 0.15) is 23.4 Å². The Hall–Kier alpha value is -3.10. The van der Waals surface area contributed by atoms with Crippen molar-refractivity contribution in [3.8, 4) is 11.5 Å². The zero-order valence-corrected chi connectivity index (χ0v) is 19.0. The third-order valence-corrected chi connectivity index (χ3v) is 5.31.